The molecular weight excluding hydrogens is 258 g/mol. The molecule has 0 fully saturated rings. The fourth-order valence-corrected chi connectivity index (χ4v) is 3.08. The minimum Gasteiger partial charge on any atom is -0.505 e. The van der Waals surface area contributed by atoms with Gasteiger partial charge in [0.25, 0.3) is 10.0 Å². The Morgan fingerprint density at radius 2 is 2.06 bits per heavy atom. The van der Waals surface area contributed by atoms with Crippen LogP contribution in [0.2, 0.25) is 0 Å². The van der Waals surface area contributed by atoms with Crippen molar-refractivity contribution in [3.63, 3.8) is 0 Å². The van der Waals surface area contributed by atoms with Crippen molar-refractivity contribution in [2.75, 3.05) is 7.11 Å². The number of rotatable bonds is 2. The SMILES string of the molecule is COc1cccc2c1C(O)=C(C(C)=O)NS2(=O)=O. The van der Waals surface area contributed by atoms with E-state index in [9.17, 15) is 18.3 Å². The summed E-state index contributed by atoms with van der Waals surface area (Å²) in [4.78, 5) is 11.2. The number of benzene rings is 1. The zero-order valence-electron chi connectivity index (χ0n) is 9.72. The number of aliphatic hydroxyl groups excluding tert-OH is 1. The molecule has 96 valence electrons. The lowest BCUT2D eigenvalue weighted by molar-refractivity contribution is -0.113. The molecule has 2 N–H and O–H groups in total. The number of carbonyl (C=O) groups excluding carboxylic acids is 1. The third-order valence-electron chi connectivity index (χ3n) is 2.56. The van der Waals surface area contributed by atoms with Crippen molar-refractivity contribution in [3.8, 4) is 5.75 Å². The van der Waals surface area contributed by atoms with Gasteiger partial charge in [0.15, 0.2) is 11.5 Å². The smallest absolute Gasteiger partial charge is 0.262 e. The second kappa shape index (κ2) is 4.02. The van der Waals surface area contributed by atoms with Gasteiger partial charge in [0.05, 0.1) is 12.7 Å². The first kappa shape index (κ1) is 12.4. The van der Waals surface area contributed by atoms with Crippen LogP contribution in [0.3, 0.4) is 0 Å². The van der Waals surface area contributed by atoms with Crippen LogP contribution in [0.15, 0.2) is 28.8 Å². The number of ketones is 1. The maximum atomic E-state index is 11.9. The van der Waals surface area contributed by atoms with Gasteiger partial charge in [-0.3, -0.25) is 9.52 Å². The molecule has 2 rings (SSSR count). The molecule has 1 aliphatic heterocycles. The van der Waals surface area contributed by atoms with E-state index in [0.29, 0.717) is 0 Å². The lowest BCUT2D eigenvalue weighted by atomic mass is 10.1. The summed E-state index contributed by atoms with van der Waals surface area (Å²) in [5, 5.41) is 9.99. The van der Waals surface area contributed by atoms with E-state index in [0.717, 1.165) is 6.92 Å². The molecular formula is C11H11NO5S. The number of ether oxygens (including phenoxy) is 1. The van der Waals surface area contributed by atoms with Crippen LogP contribution in [0.5, 0.6) is 5.75 Å². The fraction of sp³-hybridized carbons (Fsp3) is 0.182. The number of nitrogens with one attached hydrogen (secondary N) is 1. The van der Waals surface area contributed by atoms with Crippen molar-refractivity contribution in [2.45, 2.75) is 11.8 Å². The van der Waals surface area contributed by atoms with Crippen LogP contribution in [0.4, 0.5) is 0 Å². The molecule has 1 aliphatic rings. The highest BCUT2D eigenvalue weighted by molar-refractivity contribution is 7.89. The minimum absolute atomic E-state index is 0.00366. The second-order valence-electron chi connectivity index (χ2n) is 3.72. The van der Waals surface area contributed by atoms with Crippen molar-refractivity contribution in [1.82, 2.24) is 4.72 Å². The predicted molar refractivity (Wildman–Crippen MR) is 63.5 cm³/mol. The molecule has 0 spiro atoms. The molecule has 1 aromatic carbocycles. The standard InChI is InChI=1S/C11H11NO5S/c1-6(13)10-11(14)9-7(17-2)4-3-5-8(9)18(15,16)12-10/h3-5,12,14H,1-2H3. The number of carbonyl (C=O) groups is 1. The Balaban J connectivity index is 2.86. The van der Waals surface area contributed by atoms with E-state index in [4.69, 9.17) is 4.74 Å². The van der Waals surface area contributed by atoms with Gasteiger partial charge in [-0.25, -0.2) is 8.42 Å². The molecule has 0 bridgehead atoms. The highest BCUT2D eigenvalue weighted by Gasteiger charge is 2.33. The van der Waals surface area contributed by atoms with Crippen LogP contribution in [0, 0.1) is 0 Å². The summed E-state index contributed by atoms with van der Waals surface area (Å²) >= 11 is 0. The minimum atomic E-state index is -3.87. The monoisotopic (exact) mass is 269 g/mol. The molecule has 1 heterocycles. The first-order valence-electron chi connectivity index (χ1n) is 5.03. The summed E-state index contributed by atoms with van der Waals surface area (Å²) < 4.78 is 30.9. The van der Waals surface area contributed by atoms with Crippen LogP contribution in [0.25, 0.3) is 5.76 Å². The fourth-order valence-electron chi connectivity index (χ4n) is 1.74. The number of fused-ring (bicyclic) bond motifs is 1. The Labute approximate surface area is 104 Å². The molecule has 1 aromatic rings. The number of allylic oxidation sites excluding steroid dienone is 1. The second-order valence-corrected chi connectivity index (χ2v) is 5.37. The van der Waals surface area contributed by atoms with Gasteiger partial charge in [0.1, 0.15) is 16.3 Å². The Morgan fingerprint density at radius 1 is 1.39 bits per heavy atom. The largest absolute Gasteiger partial charge is 0.505 e. The predicted octanol–water partition coefficient (Wildman–Crippen LogP) is 0.803. The van der Waals surface area contributed by atoms with E-state index in [1.54, 1.807) is 0 Å². The van der Waals surface area contributed by atoms with Gasteiger partial charge in [-0.15, -0.1) is 0 Å². The maximum Gasteiger partial charge on any atom is 0.262 e. The lowest BCUT2D eigenvalue weighted by Gasteiger charge is -2.21. The van der Waals surface area contributed by atoms with Gasteiger partial charge in [-0.2, -0.15) is 0 Å². The highest BCUT2D eigenvalue weighted by Crippen LogP contribution is 2.35. The summed E-state index contributed by atoms with van der Waals surface area (Å²) in [6.45, 7) is 1.16. The third-order valence-corrected chi connectivity index (χ3v) is 3.95. The molecule has 0 saturated carbocycles. The summed E-state index contributed by atoms with van der Waals surface area (Å²) in [5.41, 5.74) is -0.351. The van der Waals surface area contributed by atoms with Gasteiger partial charge in [-0.1, -0.05) is 6.07 Å². The molecule has 0 aromatic heterocycles. The van der Waals surface area contributed by atoms with E-state index in [1.165, 1.54) is 25.3 Å². The Hall–Kier alpha value is -2.02. The average molecular weight is 269 g/mol. The van der Waals surface area contributed by atoms with E-state index in [2.05, 4.69) is 0 Å². The number of sulfonamides is 1. The van der Waals surface area contributed by atoms with Crippen LogP contribution in [-0.4, -0.2) is 26.4 Å². The third kappa shape index (κ3) is 1.72. The maximum absolute atomic E-state index is 11.9. The summed E-state index contributed by atoms with van der Waals surface area (Å²) in [6.07, 6.45) is 0. The number of aliphatic hydroxyl groups is 1. The normalized spacial score (nSPS) is 16.8. The van der Waals surface area contributed by atoms with E-state index in [1.807, 2.05) is 4.72 Å². The van der Waals surface area contributed by atoms with Gasteiger partial charge >= 0.3 is 0 Å². The summed E-state index contributed by atoms with van der Waals surface area (Å²) in [5.74, 6) is -0.814. The summed E-state index contributed by atoms with van der Waals surface area (Å²) in [7, 11) is -2.52. The molecule has 0 atom stereocenters. The molecule has 0 amide bonds. The van der Waals surface area contributed by atoms with Gasteiger partial charge < -0.3 is 9.84 Å². The van der Waals surface area contributed by atoms with Gasteiger partial charge in [0, 0.05) is 6.92 Å². The molecule has 0 aliphatic carbocycles. The quantitative estimate of drug-likeness (QED) is 0.828. The molecule has 0 radical (unpaired) electrons. The number of Topliss-reactive ketones (excluding diaryl/α,β-unsaturated/α-hetero) is 1. The topological polar surface area (TPSA) is 92.7 Å². The van der Waals surface area contributed by atoms with Crippen molar-refractivity contribution < 1.29 is 23.1 Å². The first-order chi connectivity index (χ1) is 8.38. The molecule has 7 heteroatoms. The van der Waals surface area contributed by atoms with Crippen LogP contribution >= 0.6 is 0 Å². The molecule has 18 heavy (non-hydrogen) atoms. The zero-order valence-corrected chi connectivity index (χ0v) is 10.5. The molecule has 0 unspecified atom stereocenters. The Kier molecular flexibility index (Phi) is 2.78. The van der Waals surface area contributed by atoms with Gasteiger partial charge in [0.2, 0.25) is 0 Å². The van der Waals surface area contributed by atoms with E-state index >= 15 is 0 Å². The summed E-state index contributed by atoms with van der Waals surface area (Å²) in [6, 6.07) is 4.32. The lowest BCUT2D eigenvalue weighted by Crippen LogP contribution is -2.32. The Bertz CT molecular complexity index is 660. The number of methoxy groups -OCH3 is 1. The van der Waals surface area contributed by atoms with E-state index < -0.39 is 21.6 Å². The Morgan fingerprint density at radius 3 is 2.61 bits per heavy atom. The van der Waals surface area contributed by atoms with Crippen molar-refractivity contribution in [3.05, 3.63) is 29.5 Å². The van der Waals surface area contributed by atoms with Crippen LogP contribution < -0.4 is 9.46 Å². The van der Waals surface area contributed by atoms with Gasteiger partial charge in [-0.05, 0) is 12.1 Å². The first-order valence-corrected chi connectivity index (χ1v) is 6.51. The van der Waals surface area contributed by atoms with Crippen molar-refractivity contribution in [2.24, 2.45) is 0 Å². The number of hydrogen-bond donors (Lipinski definition) is 2. The molecule has 6 nitrogen and oxygen atoms in total. The zero-order chi connectivity index (χ0) is 13.5. The highest BCUT2D eigenvalue weighted by atomic mass is 32.2. The molecule has 0 saturated heterocycles. The van der Waals surface area contributed by atoms with Crippen molar-refractivity contribution >= 4 is 21.6 Å². The number of hydrogen-bond acceptors (Lipinski definition) is 5. The van der Waals surface area contributed by atoms with Crippen LogP contribution in [0.1, 0.15) is 12.5 Å². The van der Waals surface area contributed by atoms with E-state index in [-0.39, 0.29) is 21.9 Å². The van der Waals surface area contributed by atoms with Crippen LogP contribution in [-0.2, 0) is 14.8 Å². The van der Waals surface area contributed by atoms with Crippen molar-refractivity contribution in [1.29, 1.82) is 0 Å². The average Bonchev–Trinajstić information content (AvgIpc) is 2.32.